The molecule has 13 heavy (non-hydrogen) atoms. The molecule has 3 N–H and O–H groups in total. The van der Waals surface area contributed by atoms with E-state index in [-0.39, 0.29) is 0 Å². The Morgan fingerprint density at radius 1 is 1.31 bits per heavy atom. The van der Waals surface area contributed by atoms with Gasteiger partial charge in [0.25, 0.3) is 0 Å². The summed E-state index contributed by atoms with van der Waals surface area (Å²) < 4.78 is 0. The van der Waals surface area contributed by atoms with Gasteiger partial charge in [-0.3, -0.25) is 0 Å². The Bertz CT molecular complexity index is 353. The standard InChI is InChI=1S/C11H14N2/c12-9-1-2-10-8(7-9)3-6-13-11(10)4-5-11/h1-2,7,13H,3-6,12H2. The molecule has 0 aromatic heterocycles. The van der Waals surface area contributed by atoms with Crippen molar-refractivity contribution in [2.75, 3.05) is 12.3 Å². The molecule has 1 aliphatic heterocycles. The van der Waals surface area contributed by atoms with E-state index in [9.17, 15) is 0 Å². The van der Waals surface area contributed by atoms with Crippen molar-refractivity contribution in [1.29, 1.82) is 0 Å². The van der Waals surface area contributed by atoms with Crippen molar-refractivity contribution in [2.24, 2.45) is 0 Å². The maximum Gasteiger partial charge on any atom is 0.0439 e. The van der Waals surface area contributed by atoms with Gasteiger partial charge in [-0.2, -0.15) is 0 Å². The minimum Gasteiger partial charge on any atom is -0.399 e. The fourth-order valence-corrected chi connectivity index (χ4v) is 2.39. The summed E-state index contributed by atoms with van der Waals surface area (Å²) in [4.78, 5) is 0. The predicted octanol–water partition coefficient (Wildman–Crippen LogP) is 1.40. The molecule has 1 fully saturated rings. The average molecular weight is 174 g/mol. The first kappa shape index (κ1) is 7.39. The number of hydrogen-bond donors (Lipinski definition) is 2. The van der Waals surface area contributed by atoms with Gasteiger partial charge in [0.15, 0.2) is 0 Å². The molecular weight excluding hydrogens is 160 g/mol. The lowest BCUT2D eigenvalue weighted by Crippen LogP contribution is -2.36. The van der Waals surface area contributed by atoms with Gasteiger partial charge < -0.3 is 11.1 Å². The van der Waals surface area contributed by atoms with E-state index in [4.69, 9.17) is 5.73 Å². The SMILES string of the molecule is Nc1ccc2c(c1)CCNC21CC1. The third-order valence-electron chi connectivity index (χ3n) is 3.25. The van der Waals surface area contributed by atoms with Crippen molar-refractivity contribution in [1.82, 2.24) is 5.32 Å². The predicted molar refractivity (Wildman–Crippen MR) is 53.5 cm³/mol. The number of anilines is 1. The Kier molecular flexibility index (Phi) is 1.29. The number of rotatable bonds is 0. The van der Waals surface area contributed by atoms with Crippen molar-refractivity contribution in [3.63, 3.8) is 0 Å². The normalized spacial score (nSPS) is 22.8. The van der Waals surface area contributed by atoms with Crippen molar-refractivity contribution < 1.29 is 0 Å². The van der Waals surface area contributed by atoms with Crippen LogP contribution in [0, 0.1) is 0 Å². The van der Waals surface area contributed by atoms with Crippen molar-refractivity contribution in [3.05, 3.63) is 29.3 Å². The molecule has 1 spiro atoms. The molecule has 1 aliphatic carbocycles. The van der Waals surface area contributed by atoms with Crippen LogP contribution in [-0.4, -0.2) is 6.54 Å². The Hall–Kier alpha value is -1.02. The van der Waals surface area contributed by atoms with Crippen LogP contribution in [0.2, 0.25) is 0 Å². The van der Waals surface area contributed by atoms with Gasteiger partial charge in [-0.1, -0.05) is 6.07 Å². The molecule has 1 heterocycles. The summed E-state index contributed by atoms with van der Waals surface area (Å²) in [6.45, 7) is 1.11. The number of nitrogens with two attached hydrogens (primary N) is 1. The van der Waals surface area contributed by atoms with Crippen LogP contribution in [0.5, 0.6) is 0 Å². The van der Waals surface area contributed by atoms with Gasteiger partial charge >= 0.3 is 0 Å². The van der Waals surface area contributed by atoms with E-state index in [1.54, 1.807) is 0 Å². The molecule has 0 bridgehead atoms. The molecule has 68 valence electrons. The molecule has 1 saturated carbocycles. The lowest BCUT2D eigenvalue weighted by molar-refractivity contribution is 0.490. The maximum atomic E-state index is 5.77. The molecule has 1 aromatic rings. The molecular formula is C11H14N2. The molecule has 0 radical (unpaired) electrons. The van der Waals surface area contributed by atoms with E-state index in [0.29, 0.717) is 5.54 Å². The Labute approximate surface area is 78.1 Å². The largest absolute Gasteiger partial charge is 0.399 e. The van der Waals surface area contributed by atoms with Gasteiger partial charge in [0.05, 0.1) is 0 Å². The van der Waals surface area contributed by atoms with Gasteiger partial charge in [0, 0.05) is 17.8 Å². The summed E-state index contributed by atoms with van der Waals surface area (Å²) in [5, 5.41) is 3.60. The Balaban J connectivity index is 2.15. The number of nitrogen functional groups attached to an aromatic ring is 1. The van der Waals surface area contributed by atoms with Gasteiger partial charge in [0.2, 0.25) is 0 Å². The molecule has 2 heteroatoms. The molecule has 3 rings (SSSR count). The fourth-order valence-electron chi connectivity index (χ4n) is 2.39. The Morgan fingerprint density at radius 2 is 2.15 bits per heavy atom. The van der Waals surface area contributed by atoms with Crippen LogP contribution >= 0.6 is 0 Å². The summed E-state index contributed by atoms with van der Waals surface area (Å²) in [6, 6.07) is 6.35. The summed E-state index contributed by atoms with van der Waals surface area (Å²) in [5.41, 5.74) is 9.97. The third kappa shape index (κ3) is 0.985. The summed E-state index contributed by atoms with van der Waals surface area (Å²) in [7, 11) is 0. The summed E-state index contributed by atoms with van der Waals surface area (Å²) >= 11 is 0. The van der Waals surface area contributed by atoms with Crippen LogP contribution in [0.4, 0.5) is 5.69 Å². The van der Waals surface area contributed by atoms with Gasteiger partial charge in [-0.05, 0) is 42.5 Å². The highest BCUT2D eigenvalue weighted by molar-refractivity contribution is 5.49. The highest BCUT2D eigenvalue weighted by atomic mass is 15.0. The van der Waals surface area contributed by atoms with Crippen LogP contribution in [0.15, 0.2) is 18.2 Å². The first-order chi connectivity index (χ1) is 6.30. The number of nitrogens with one attached hydrogen (secondary N) is 1. The maximum absolute atomic E-state index is 5.77. The fraction of sp³-hybridized carbons (Fsp3) is 0.455. The molecule has 0 saturated heterocycles. The van der Waals surface area contributed by atoms with Crippen molar-refractivity contribution in [2.45, 2.75) is 24.8 Å². The van der Waals surface area contributed by atoms with Crippen LogP contribution in [-0.2, 0) is 12.0 Å². The smallest absolute Gasteiger partial charge is 0.0439 e. The van der Waals surface area contributed by atoms with E-state index in [0.717, 1.165) is 18.7 Å². The van der Waals surface area contributed by atoms with Crippen LogP contribution < -0.4 is 11.1 Å². The topological polar surface area (TPSA) is 38.0 Å². The molecule has 0 unspecified atom stereocenters. The van der Waals surface area contributed by atoms with Crippen LogP contribution in [0.1, 0.15) is 24.0 Å². The monoisotopic (exact) mass is 174 g/mol. The minimum atomic E-state index is 0.348. The zero-order valence-corrected chi connectivity index (χ0v) is 7.64. The zero-order valence-electron chi connectivity index (χ0n) is 7.64. The second-order valence-electron chi connectivity index (χ2n) is 4.18. The highest BCUT2D eigenvalue weighted by Crippen LogP contribution is 2.48. The van der Waals surface area contributed by atoms with Crippen LogP contribution in [0.3, 0.4) is 0 Å². The van der Waals surface area contributed by atoms with E-state index >= 15 is 0 Å². The second kappa shape index (κ2) is 2.26. The average Bonchev–Trinajstić information content (AvgIpc) is 2.86. The van der Waals surface area contributed by atoms with E-state index < -0.39 is 0 Å². The molecule has 1 aromatic carbocycles. The van der Waals surface area contributed by atoms with Gasteiger partial charge in [0.1, 0.15) is 0 Å². The first-order valence-corrected chi connectivity index (χ1v) is 4.94. The number of hydrogen-bond acceptors (Lipinski definition) is 2. The van der Waals surface area contributed by atoms with Crippen molar-refractivity contribution >= 4 is 5.69 Å². The molecule has 0 atom stereocenters. The van der Waals surface area contributed by atoms with E-state index in [1.165, 1.54) is 24.0 Å². The Morgan fingerprint density at radius 3 is 2.92 bits per heavy atom. The zero-order chi connectivity index (χ0) is 8.89. The highest BCUT2D eigenvalue weighted by Gasteiger charge is 2.46. The van der Waals surface area contributed by atoms with E-state index in [2.05, 4.69) is 17.4 Å². The molecule has 0 amide bonds. The third-order valence-corrected chi connectivity index (χ3v) is 3.25. The second-order valence-corrected chi connectivity index (χ2v) is 4.18. The van der Waals surface area contributed by atoms with Crippen LogP contribution in [0.25, 0.3) is 0 Å². The minimum absolute atomic E-state index is 0.348. The summed E-state index contributed by atoms with van der Waals surface area (Å²) in [6.07, 6.45) is 3.72. The lowest BCUT2D eigenvalue weighted by Gasteiger charge is -2.26. The molecule has 2 nitrogen and oxygen atoms in total. The van der Waals surface area contributed by atoms with Gasteiger partial charge in [-0.15, -0.1) is 0 Å². The first-order valence-electron chi connectivity index (χ1n) is 4.94. The van der Waals surface area contributed by atoms with Gasteiger partial charge in [-0.25, -0.2) is 0 Å². The number of benzene rings is 1. The quantitative estimate of drug-likeness (QED) is 0.583. The number of fused-ring (bicyclic) bond motifs is 2. The molecule has 2 aliphatic rings. The lowest BCUT2D eigenvalue weighted by atomic mass is 9.92. The summed E-state index contributed by atoms with van der Waals surface area (Å²) in [5.74, 6) is 0. The van der Waals surface area contributed by atoms with E-state index in [1.807, 2.05) is 6.07 Å². The van der Waals surface area contributed by atoms with Crippen molar-refractivity contribution in [3.8, 4) is 0 Å².